The molecule has 2 fully saturated rings. The van der Waals surface area contributed by atoms with Crippen molar-refractivity contribution >= 4 is 35.1 Å². The van der Waals surface area contributed by atoms with Crippen LogP contribution in [0.25, 0.3) is 22.5 Å². The lowest BCUT2D eigenvalue weighted by Gasteiger charge is -2.21. The second-order valence-electron chi connectivity index (χ2n) is 9.49. The van der Waals surface area contributed by atoms with Gasteiger partial charge in [-0.25, -0.2) is 4.98 Å². The van der Waals surface area contributed by atoms with Crippen molar-refractivity contribution in [2.45, 2.75) is 37.3 Å². The summed E-state index contributed by atoms with van der Waals surface area (Å²) in [7, 11) is 1.98. The summed E-state index contributed by atoms with van der Waals surface area (Å²) >= 11 is 1.76. The highest BCUT2D eigenvalue weighted by molar-refractivity contribution is 7.99. The fourth-order valence-electron chi connectivity index (χ4n) is 5.35. The van der Waals surface area contributed by atoms with Crippen LogP contribution in [-0.4, -0.2) is 55.0 Å². The molecule has 1 aliphatic carbocycles. The summed E-state index contributed by atoms with van der Waals surface area (Å²) in [5.41, 5.74) is 4.87. The van der Waals surface area contributed by atoms with Gasteiger partial charge in [0.2, 0.25) is 5.82 Å². The van der Waals surface area contributed by atoms with Crippen molar-refractivity contribution in [2.24, 2.45) is 13.0 Å². The van der Waals surface area contributed by atoms with Crippen LogP contribution in [0, 0.1) is 19.8 Å². The Kier molecular flexibility index (Phi) is 6.16. The number of piperidine rings is 1. The summed E-state index contributed by atoms with van der Waals surface area (Å²) in [6.07, 6.45) is 3.92. The maximum Gasteiger partial charge on any atom is 0.202 e. The van der Waals surface area contributed by atoms with E-state index < -0.39 is 0 Å². The van der Waals surface area contributed by atoms with E-state index in [4.69, 9.17) is 4.42 Å². The molecule has 7 nitrogen and oxygen atoms in total. The number of nitrogens with zero attached hydrogens (tertiary/aromatic N) is 6. The number of hydrogen-bond acceptors (Lipinski definition) is 7. The zero-order valence-electron chi connectivity index (χ0n) is 19.7. The van der Waals surface area contributed by atoms with Gasteiger partial charge in [0.15, 0.2) is 17.3 Å². The average molecular weight is 497 g/mol. The highest BCUT2D eigenvalue weighted by Crippen LogP contribution is 2.59. The molecule has 6 rings (SSSR count). The lowest BCUT2D eigenvalue weighted by Crippen LogP contribution is -2.27. The molecule has 1 aliphatic heterocycles. The van der Waals surface area contributed by atoms with Gasteiger partial charge in [-0.1, -0.05) is 23.9 Å². The van der Waals surface area contributed by atoms with Gasteiger partial charge in [0.1, 0.15) is 0 Å². The number of halogens is 1. The molecule has 0 radical (unpaired) electrons. The molecule has 1 saturated carbocycles. The van der Waals surface area contributed by atoms with E-state index in [-0.39, 0.29) is 12.4 Å². The Morgan fingerprint density at radius 3 is 2.88 bits per heavy atom. The lowest BCUT2D eigenvalue weighted by atomic mass is 9.93. The first-order chi connectivity index (χ1) is 16.0. The third-order valence-electron chi connectivity index (χ3n) is 7.25. The molecule has 34 heavy (non-hydrogen) atoms. The van der Waals surface area contributed by atoms with E-state index in [1.807, 2.05) is 18.5 Å². The summed E-state index contributed by atoms with van der Waals surface area (Å²) in [5.74, 6) is 3.25. The first kappa shape index (κ1) is 23.3. The third-order valence-corrected chi connectivity index (χ3v) is 8.36. The molecule has 0 bridgehead atoms. The van der Waals surface area contributed by atoms with E-state index >= 15 is 0 Å². The topological polar surface area (TPSA) is 72.9 Å². The molecule has 2 atom stereocenters. The maximum atomic E-state index is 5.47. The molecule has 2 aliphatic rings. The fraction of sp³-hybridized carbons (Fsp3) is 0.440. The molecule has 1 saturated heterocycles. The van der Waals surface area contributed by atoms with E-state index in [1.165, 1.54) is 36.9 Å². The van der Waals surface area contributed by atoms with Crippen molar-refractivity contribution in [1.29, 1.82) is 0 Å². The van der Waals surface area contributed by atoms with Gasteiger partial charge in [-0.05, 0) is 62.9 Å². The molecule has 4 heterocycles. The van der Waals surface area contributed by atoms with Gasteiger partial charge >= 0.3 is 0 Å². The number of thioether (sulfide) groups is 1. The van der Waals surface area contributed by atoms with Gasteiger partial charge in [-0.15, -0.1) is 22.6 Å². The number of oxazole rings is 1. The van der Waals surface area contributed by atoms with Crippen LogP contribution in [0.15, 0.2) is 46.3 Å². The van der Waals surface area contributed by atoms with Crippen molar-refractivity contribution in [3.05, 3.63) is 53.7 Å². The first-order valence-corrected chi connectivity index (χ1v) is 12.5. The van der Waals surface area contributed by atoms with Crippen molar-refractivity contribution in [2.75, 3.05) is 25.4 Å². The SMILES string of the molecule is Cc1ccc2cc(C34CC3CN(CCCSc3nnc(-c5ocnc5C)n3C)C4)ccc2n1.Cl. The molecule has 4 aromatic rings. The molecule has 0 N–H and O–H groups in total. The molecule has 3 aromatic heterocycles. The number of aryl methyl sites for hydroxylation is 2. The van der Waals surface area contributed by atoms with E-state index in [0.29, 0.717) is 11.2 Å². The van der Waals surface area contributed by atoms with Crippen LogP contribution in [0.3, 0.4) is 0 Å². The van der Waals surface area contributed by atoms with Gasteiger partial charge in [0.25, 0.3) is 0 Å². The highest BCUT2D eigenvalue weighted by atomic mass is 35.5. The molecule has 0 spiro atoms. The Morgan fingerprint density at radius 1 is 1.18 bits per heavy atom. The first-order valence-electron chi connectivity index (χ1n) is 11.6. The second-order valence-corrected chi connectivity index (χ2v) is 10.5. The van der Waals surface area contributed by atoms with Crippen LogP contribution < -0.4 is 0 Å². The Labute approximate surface area is 209 Å². The van der Waals surface area contributed by atoms with Crippen LogP contribution in [0.1, 0.15) is 29.8 Å². The van der Waals surface area contributed by atoms with Crippen molar-refractivity contribution in [3.63, 3.8) is 0 Å². The predicted octanol–water partition coefficient (Wildman–Crippen LogP) is 4.81. The summed E-state index contributed by atoms with van der Waals surface area (Å²) in [4.78, 5) is 11.5. The van der Waals surface area contributed by atoms with Crippen LogP contribution in [0.5, 0.6) is 0 Å². The summed E-state index contributed by atoms with van der Waals surface area (Å²) in [5, 5.41) is 10.8. The highest BCUT2D eigenvalue weighted by Gasteiger charge is 2.60. The number of likely N-dealkylation sites (tertiary alicyclic amines) is 1. The van der Waals surface area contributed by atoms with E-state index in [1.54, 1.807) is 11.8 Å². The Hall–Kier alpha value is -2.42. The minimum Gasteiger partial charge on any atom is -0.440 e. The summed E-state index contributed by atoms with van der Waals surface area (Å²) < 4.78 is 7.47. The number of aromatic nitrogens is 5. The van der Waals surface area contributed by atoms with Crippen LogP contribution in [-0.2, 0) is 12.5 Å². The molecule has 2 unspecified atom stereocenters. The second kappa shape index (κ2) is 8.98. The molecular formula is C25H29ClN6OS. The molecule has 9 heteroatoms. The third kappa shape index (κ3) is 4.01. The van der Waals surface area contributed by atoms with Gasteiger partial charge in [0, 0.05) is 42.4 Å². The van der Waals surface area contributed by atoms with E-state index in [2.05, 4.69) is 62.3 Å². The monoisotopic (exact) mass is 496 g/mol. The lowest BCUT2D eigenvalue weighted by molar-refractivity contribution is 0.299. The van der Waals surface area contributed by atoms with Crippen molar-refractivity contribution < 1.29 is 4.42 Å². The van der Waals surface area contributed by atoms with E-state index in [0.717, 1.165) is 52.5 Å². The maximum absolute atomic E-state index is 5.47. The van der Waals surface area contributed by atoms with Gasteiger partial charge in [0.05, 0.1) is 11.2 Å². The Bertz CT molecular complexity index is 1340. The van der Waals surface area contributed by atoms with Gasteiger partial charge in [-0.3, -0.25) is 4.98 Å². The van der Waals surface area contributed by atoms with Crippen molar-refractivity contribution in [3.8, 4) is 11.6 Å². The minimum atomic E-state index is 0. The molecule has 1 aromatic carbocycles. The van der Waals surface area contributed by atoms with Gasteiger partial charge in [-0.2, -0.15) is 0 Å². The standard InChI is InChI=1S/C25H28N6OS.ClH/c1-16-5-6-18-11-19(7-8-21(18)27-16)25-12-20(25)13-31(14-25)9-4-10-33-24-29-28-23(30(24)3)22-17(2)26-15-32-22;/h5-8,11,15,20H,4,9-10,12-14H2,1-3H3;1H. The van der Waals surface area contributed by atoms with E-state index in [9.17, 15) is 0 Å². The fourth-order valence-corrected chi connectivity index (χ4v) is 6.18. The number of rotatable bonds is 7. The number of benzene rings is 1. The van der Waals surface area contributed by atoms with Crippen LogP contribution >= 0.6 is 24.2 Å². The van der Waals surface area contributed by atoms with Crippen molar-refractivity contribution in [1.82, 2.24) is 29.6 Å². The van der Waals surface area contributed by atoms with Gasteiger partial charge < -0.3 is 13.9 Å². The Balaban J connectivity index is 0.00000241. The van der Waals surface area contributed by atoms with Crippen LogP contribution in [0.2, 0.25) is 0 Å². The quantitative estimate of drug-likeness (QED) is 0.268. The number of fused-ring (bicyclic) bond motifs is 2. The normalized spacial score (nSPS) is 21.6. The zero-order chi connectivity index (χ0) is 22.6. The smallest absolute Gasteiger partial charge is 0.202 e. The molecule has 0 amide bonds. The predicted molar refractivity (Wildman–Crippen MR) is 137 cm³/mol. The number of hydrogen-bond donors (Lipinski definition) is 0. The molecule has 178 valence electrons. The zero-order valence-corrected chi connectivity index (χ0v) is 21.3. The number of pyridine rings is 1. The summed E-state index contributed by atoms with van der Waals surface area (Å²) in [6.45, 7) is 7.49. The largest absolute Gasteiger partial charge is 0.440 e. The van der Waals surface area contributed by atoms with Crippen LogP contribution in [0.4, 0.5) is 0 Å². The minimum absolute atomic E-state index is 0. The Morgan fingerprint density at radius 2 is 2.06 bits per heavy atom. The molecular weight excluding hydrogens is 468 g/mol. The summed E-state index contributed by atoms with van der Waals surface area (Å²) in [6, 6.07) is 11.2. The average Bonchev–Trinajstić information content (AvgIpc) is 3.10.